The van der Waals surface area contributed by atoms with E-state index in [4.69, 9.17) is 4.74 Å². The standard InChI is InChI=1S/C17H25IO/c1-3-14-8-7-11-16(12-14)19-17(2,13-18)15-9-5-4-6-10-15/h4-6,9-10,14,16H,3,7-8,11-13H2,1-2H3. The van der Waals surface area contributed by atoms with Crippen LogP contribution in [0.3, 0.4) is 0 Å². The van der Waals surface area contributed by atoms with E-state index in [2.05, 4.69) is 66.8 Å². The van der Waals surface area contributed by atoms with Gasteiger partial charge >= 0.3 is 0 Å². The van der Waals surface area contributed by atoms with E-state index in [0.29, 0.717) is 6.10 Å². The quantitative estimate of drug-likeness (QED) is 0.502. The first-order valence-electron chi connectivity index (χ1n) is 7.47. The van der Waals surface area contributed by atoms with Crippen molar-refractivity contribution in [2.45, 2.75) is 57.7 Å². The minimum Gasteiger partial charge on any atom is -0.367 e. The highest BCUT2D eigenvalue weighted by Crippen LogP contribution is 2.35. The van der Waals surface area contributed by atoms with Crippen molar-refractivity contribution in [3.8, 4) is 0 Å². The molecule has 0 bridgehead atoms. The highest BCUT2D eigenvalue weighted by atomic mass is 127. The molecule has 1 aliphatic rings. The van der Waals surface area contributed by atoms with Gasteiger partial charge in [-0.05, 0) is 31.2 Å². The van der Waals surface area contributed by atoms with E-state index in [1.54, 1.807) is 0 Å². The Morgan fingerprint density at radius 2 is 2.00 bits per heavy atom. The van der Waals surface area contributed by atoms with Crippen LogP contribution in [0.5, 0.6) is 0 Å². The minimum atomic E-state index is -0.137. The zero-order chi connectivity index (χ0) is 13.7. The van der Waals surface area contributed by atoms with Gasteiger partial charge in [0.2, 0.25) is 0 Å². The van der Waals surface area contributed by atoms with Crippen molar-refractivity contribution in [3.63, 3.8) is 0 Å². The van der Waals surface area contributed by atoms with Gasteiger partial charge in [-0.25, -0.2) is 0 Å². The average molecular weight is 372 g/mol. The van der Waals surface area contributed by atoms with E-state index in [1.807, 2.05) is 0 Å². The zero-order valence-electron chi connectivity index (χ0n) is 12.1. The predicted molar refractivity (Wildman–Crippen MR) is 89.8 cm³/mol. The highest BCUT2D eigenvalue weighted by molar-refractivity contribution is 14.1. The molecule has 106 valence electrons. The van der Waals surface area contributed by atoms with Crippen LogP contribution >= 0.6 is 22.6 Å². The van der Waals surface area contributed by atoms with Gasteiger partial charge in [0.25, 0.3) is 0 Å². The number of hydrogen-bond donors (Lipinski definition) is 0. The second-order valence-electron chi connectivity index (χ2n) is 5.91. The summed E-state index contributed by atoms with van der Waals surface area (Å²) < 4.78 is 7.54. The minimum absolute atomic E-state index is 0.137. The Bertz CT molecular complexity index is 378. The number of rotatable bonds is 5. The van der Waals surface area contributed by atoms with Gasteiger partial charge in [-0.15, -0.1) is 0 Å². The molecule has 0 amide bonds. The van der Waals surface area contributed by atoms with Crippen molar-refractivity contribution in [1.82, 2.24) is 0 Å². The van der Waals surface area contributed by atoms with Gasteiger partial charge in [0.15, 0.2) is 0 Å². The maximum absolute atomic E-state index is 6.54. The fraction of sp³-hybridized carbons (Fsp3) is 0.647. The van der Waals surface area contributed by atoms with Gasteiger partial charge in [-0.3, -0.25) is 0 Å². The smallest absolute Gasteiger partial charge is 0.0996 e. The fourth-order valence-electron chi connectivity index (χ4n) is 3.05. The molecule has 2 rings (SSSR count). The Kier molecular flexibility index (Phi) is 5.70. The monoisotopic (exact) mass is 372 g/mol. The maximum Gasteiger partial charge on any atom is 0.0996 e. The molecule has 1 fully saturated rings. The third-order valence-electron chi connectivity index (χ3n) is 4.38. The first-order valence-corrected chi connectivity index (χ1v) is 9.00. The van der Waals surface area contributed by atoms with Crippen LogP contribution in [0.1, 0.15) is 51.5 Å². The Labute approximate surface area is 131 Å². The van der Waals surface area contributed by atoms with E-state index in [0.717, 1.165) is 10.3 Å². The van der Waals surface area contributed by atoms with Crippen LogP contribution in [0.2, 0.25) is 0 Å². The van der Waals surface area contributed by atoms with Crippen LogP contribution in [0.4, 0.5) is 0 Å². The van der Waals surface area contributed by atoms with Crippen molar-refractivity contribution in [3.05, 3.63) is 35.9 Å². The Balaban J connectivity index is 2.06. The Morgan fingerprint density at radius 1 is 1.26 bits per heavy atom. The SMILES string of the molecule is CCC1CCCC(OC(C)(CI)c2ccccc2)C1. The second-order valence-corrected chi connectivity index (χ2v) is 6.67. The molecule has 3 atom stereocenters. The summed E-state index contributed by atoms with van der Waals surface area (Å²) in [7, 11) is 0. The van der Waals surface area contributed by atoms with Crippen molar-refractivity contribution in [2.24, 2.45) is 5.92 Å². The van der Waals surface area contributed by atoms with Gasteiger partial charge in [0.1, 0.15) is 0 Å². The highest BCUT2D eigenvalue weighted by Gasteiger charge is 2.32. The molecule has 1 nitrogen and oxygen atoms in total. The summed E-state index contributed by atoms with van der Waals surface area (Å²) in [4.78, 5) is 0. The van der Waals surface area contributed by atoms with E-state index >= 15 is 0 Å². The lowest BCUT2D eigenvalue weighted by Gasteiger charge is -2.37. The van der Waals surface area contributed by atoms with Crippen LogP contribution in [-0.4, -0.2) is 10.5 Å². The van der Waals surface area contributed by atoms with Crippen molar-refractivity contribution >= 4 is 22.6 Å². The normalized spacial score (nSPS) is 26.9. The molecule has 0 spiro atoms. The summed E-state index contributed by atoms with van der Waals surface area (Å²) in [6.07, 6.45) is 6.94. The molecular weight excluding hydrogens is 347 g/mol. The molecule has 1 aromatic rings. The summed E-state index contributed by atoms with van der Waals surface area (Å²) in [5.74, 6) is 0.869. The van der Waals surface area contributed by atoms with Gasteiger partial charge < -0.3 is 4.74 Å². The second kappa shape index (κ2) is 7.07. The molecule has 0 radical (unpaired) electrons. The molecule has 19 heavy (non-hydrogen) atoms. The van der Waals surface area contributed by atoms with Crippen LogP contribution in [0, 0.1) is 5.92 Å². The van der Waals surface area contributed by atoms with Crippen molar-refractivity contribution in [2.75, 3.05) is 4.43 Å². The Morgan fingerprint density at radius 3 is 2.63 bits per heavy atom. The third-order valence-corrected chi connectivity index (χ3v) is 5.83. The summed E-state index contributed by atoms with van der Waals surface area (Å²) in [5, 5.41) is 0. The Hall–Kier alpha value is -0.0900. The summed E-state index contributed by atoms with van der Waals surface area (Å²) >= 11 is 2.46. The molecule has 1 aliphatic carbocycles. The van der Waals surface area contributed by atoms with E-state index in [-0.39, 0.29) is 5.60 Å². The molecular formula is C17H25IO. The molecule has 0 heterocycles. The molecule has 2 heteroatoms. The molecule has 3 unspecified atom stereocenters. The molecule has 0 aliphatic heterocycles. The number of alkyl halides is 1. The maximum atomic E-state index is 6.54. The molecule has 0 saturated heterocycles. The first-order chi connectivity index (χ1) is 9.18. The van der Waals surface area contributed by atoms with Gasteiger partial charge in [0, 0.05) is 4.43 Å². The largest absolute Gasteiger partial charge is 0.367 e. The lowest BCUT2D eigenvalue weighted by Crippen LogP contribution is -2.35. The molecule has 1 aromatic carbocycles. The summed E-state index contributed by atoms with van der Waals surface area (Å²) in [5.41, 5.74) is 1.17. The molecule has 0 N–H and O–H groups in total. The first kappa shape index (κ1) is 15.3. The van der Waals surface area contributed by atoms with Gasteiger partial charge in [-0.1, -0.05) is 79.1 Å². The van der Waals surface area contributed by atoms with Crippen LogP contribution in [-0.2, 0) is 10.3 Å². The number of ether oxygens (including phenoxy) is 1. The lowest BCUT2D eigenvalue weighted by molar-refractivity contribution is -0.0920. The van der Waals surface area contributed by atoms with E-state index in [1.165, 1.54) is 37.7 Å². The van der Waals surface area contributed by atoms with Gasteiger partial charge in [-0.2, -0.15) is 0 Å². The summed E-state index contributed by atoms with van der Waals surface area (Å²) in [6.45, 7) is 4.55. The number of benzene rings is 1. The zero-order valence-corrected chi connectivity index (χ0v) is 14.2. The number of halogens is 1. The molecule has 0 aromatic heterocycles. The van der Waals surface area contributed by atoms with Crippen LogP contribution in [0.25, 0.3) is 0 Å². The average Bonchev–Trinajstić information content (AvgIpc) is 2.48. The topological polar surface area (TPSA) is 9.23 Å². The number of hydrogen-bond acceptors (Lipinski definition) is 1. The summed E-state index contributed by atoms with van der Waals surface area (Å²) in [6, 6.07) is 10.7. The lowest BCUT2D eigenvalue weighted by atomic mass is 9.85. The predicted octanol–water partition coefficient (Wildman–Crippen LogP) is 5.32. The van der Waals surface area contributed by atoms with E-state index < -0.39 is 0 Å². The van der Waals surface area contributed by atoms with Gasteiger partial charge in [0.05, 0.1) is 11.7 Å². The van der Waals surface area contributed by atoms with Crippen LogP contribution < -0.4 is 0 Å². The fourth-order valence-corrected chi connectivity index (χ4v) is 3.67. The van der Waals surface area contributed by atoms with Crippen molar-refractivity contribution in [1.29, 1.82) is 0 Å². The van der Waals surface area contributed by atoms with E-state index in [9.17, 15) is 0 Å². The molecule has 1 saturated carbocycles. The van der Waals surface area contributed by atoms with Crippen LogP contribution in [0.15, 0.2) is 30.3 Å². The van der Waals surface area contributed by atoms with Crippen molar-refractivity contribution < 1.29 is 4.74 Å². The third kappa shape index (κ3) is 3.94.